The highest BCUT2D eigenvalue weighted by molar-refractivity contribution is 8.26. The van der Waals surface area contributed by atoms with Gasteiger partial charge in [0, 0.05) is 0 Å². The zero-order chi connectivity index (χ0) is 15.9. The van der Waals surface area contributed by atoms with Gasteiger partial charge in [-0.3, -0.25) is 4.79 Å². The molecule has 1 aromatic rings. The average Bonchev–Trinajstić information content (AvgIpc) is 2.81. The van der Waals surface area contributed by atoms with Crippen LogP contribution in [0.3, 0.4) is 0 Å². The quantitative estimate of drug-likeness (QED) is 0.606. The monoisotopic (exact) mass is 337 g/mol. The number of nitrogens with one attached hydrogen (secondary N) is 1. The van der Waals surface area contributed by atoms with Crippen molar-refractivity contribution in [2.75, 3.05) is 13.2 Å². The van der Waals surface area contributed by atoms with Crippen LogP contribution in [0.4, 0.5) is 0 Å². The molecule has 0 unspecified atom stereocenters. The van der Waals surface area contributed by atoms with E-state index in [1.165, 1.54) is 11.8 Å². The van der Waals surface area contributed by atoms with Crippen molar-refractivity contribution in [1.82, 2.24) is 5.32 Å². The highest BCUT2D eigenvalue weighted by Crippen LogP contribution is 2.32. The number of amides is 1. The lowest BCUT2D eigenvalue weighted by Crippen LogP contribution is -2.17. The first-order valence-electron chi connectivity index (χ1n) is 7.28. The first-order valence-corrected chi connectivity index (χ1v) is 8.51. The van der Waals surface area contributed by atoms with Crippen LogP contribution in [-0.2, 0) is 4.79 Å². The van der Waals surface area contributed by atoms with Gasteiger partial charge in [0.25, 0.3) is 5.91 Å². The number of hydrogen-bond donors (Lipinski definition) is 1. The number of rotatable bonds is 7. The van der Waals surface area contributed by atoms with Crippen LogP contribution >= 0.6 is 24.0 Å². The Morgan fingerprint density at radius 2 is 1.86 bits per heavy atom. The van der Waals surface area contributed by atoms with Crippen LogP contribution in [-0.4, -0.2) is 23.4 Å². The third kappa shape index (κ3) is 4.48. The molecule has 1 heterocycles. The molecule has 1 amide bonds. The van der Waals surface area contributed by atoms with Gasteiger partial charge in [-0.25, -0.2) is 0 Å². The minimum absolute atomic E-state index is 0.155. The molecule has 0 spiro atoms. The van der Waals surface area contributed by atoms with Crippen LogP contribution in [0.25, 0.3) is 6.08 Å². The van der Waals surface area contributed by atoms with E-state index in [9.17, 15) is 4.79 Å². The largest absolute Gasteiger partial charge is 0.490 e. The summed E-state index contributed by atoms with van der Waals surface area (Å²) in [7, 11) is 0. The van der Waals surface area contributed by atoms with Crippen LogP contribution < -0.4 is 14.8 Å². The van der Waals surface area contributed by atoms with Crippen LogP contribution in [0.1, 0.15) is 32.3 Å². The molecule has 1 aromatic carbocycles. The van der Waals surface area contributed by atoms with Crippen molar-refractivity contribution in [2.45, 2.75) is 26.7 Å². The summed E-state index contributed by atoms with van der Waals surface area (Å²) in [5, 5.41) is 2.61. The van der Waals surface area contributed by atoms with Crippen LogP contribution in [0, 0.1) is 0 Å². The first kappa shape index (κ1) is 16.8. The van der Waals surface area contributed by atoms with E-state index in [2.05, 4.69) is 19.2 Å². The highest BCUT2D eigenvalue weighted by atomic mass is 32.2. The summed E-state index contributed by atoms with van der Waals surface area (Å²) in [6.45, 7) is 5.39. The zero-order valence-electron chi connectivity index (χ0n) is 12.7. The van der Waals surface area contributed by atoms with E-state index >= 15 is 0 Å². The van der Waals surface area contributed by atoms with E-state index in [0.29, 0.717) is 28.2 Å². The van der Waals surface area contributed by atoms with Gasteiger partial charge in [-0.1, -0.05) is 43.9 Å². The number of carbonyl (C=O) groups is 1. The van der Waals surface area contributed by atoms with E-state index in [1.54, 1.807) is 0 Å². The van der Waals surface area contributed by atoms with Gasteiger partial charge in [-0.05, 0) is 36.6 Å². The Bertz CT molecular complexity index is 599. The minimum Gasteiger partial charge on any atom is -0.490 e. The van der Waals surface area contributed by atoms with Crippen molar-refractivity contribution in [1.29, 1.82) is 0 Å². The van der Waals surface area contributed by atoms with Crippen LogP contribution in [0.15, 0.2) is 23.1 Å². The van der Waals surface area contributed by atoms with Crippen LogP contribution in [0.5, 0.6) is 11.5 Å². The number of thiocarbonyl (C=S) groups is 1. The summed E-state index contributed by atoms with van der Waals surface area (Å²) in [5.74, 6) is 1.28. The Morgan fingerprint density at radius 1 is 1.18 bits per heavy atom. The van der Waals surface area contributed by atoms with Crippen molar-refractivity contribution in [3.63, 3.8) is 0 Å². The molecular weight excluding hydrogens is 318 g/mol. The third-order valence-electron chi connectivity index (χ3n) is 2.83. The number of hydrogen-bond acceptors (Lipinski definition) is 5. The van der Waals surface area contributed by atoms with Crippen molar-refractivity contribution >= 4 is 40.3 Å². The molecule has 1 aliphatic rings. The summed E-state index contributed by atoms with van der Waals surface area (Å²) in [4.78, 5) is 12.3. The van der Waals surface area contributed by atoms with E-state index < -0.39 is 0 Å². The molecule has 0 bridgehead atoms. The molecule has 1 N–H and O–H groups in total. The molecule has 1 fully saturated rings. The van der Waals surface area contributed by atoms with Gasteiger partial charge in [0.05, 0.1) is 18.1 Å². The second-order valence-electron chi connectivity index (χ2n) is 4.76. The molecule has 22 heavy (non-hydrogen) atoms. The third-order valence-corrected chi connectivity index (χ3v) is 3.99. The maximum Gasteiger partial charge on any atom is 0.263 e. The molecule has 0 aliphatic carbocycles. The van der Waals surface area contributed by atoms with Gasteiger partial charge in [-0.15, -0.1) is 0 Å². The Labute approximate surface area is 140 Å². The SMILES string of the molecule is CCCOc1ccc(C=C2SC(=S)NC2=O)cc1OCCC. The van der Waals surface area contributed by atoms with E-state index in [-0.39, 0.29) is 5.91 Å². The second kappa shape index (κ2) is 8.19. The lowest BCUT2D eigenvalue weighted by Gasteiger charge is -2.12. The first-order chi connectivity index (χ1) is 10.6. The number of carbonyl (C=O) groups excluding carboxylic acids is 1. The Balaban J connectivity index is 2.23. The molecule has 6 heteroatoms. The molecule has 1 aliphatic heterocycles. The Morgan fingerprint density at radius 3 is 2.45 bits per heavy atom. The van der Waals surface area contributed by atoms with Crippen molar-refractivity contribution < 1.29 is 14.3 Å². The maximum absolute atomic E-state index is 11.7. The van der Waals surface area contributed by atoms with Gasteiger partial charge >= 0.3 is 0 Å². The van der Waals surface area contributed by atoms with E-state index in [0.717, 1.165) is 24.2 Å². The fraction of sp³-hybridized carbons (Fsp3) is 0.375. The Kier molecular flexibility index (Phi) is 6.27. The van der Waals surface area contributed by atoms with Gasteiger partial charge in [0.1, 0.15) is 4.32 Å². The van der Waals surface area contributed by atoms with Crippen molar-refractivity contribution in [3.8, 4) is 11.5 Å². The van der Waals surface area contributed by atoms with Gasteiger partial charge in [0.15, 0.2) is 11.5 Å². The average molecular weight is 337 g/mol. The predicted octanol–water partition coefficient (Wildman–Crippen LogP) is 3.75. The van der Waals surface area contributed by atoms with Gasteiger partial charge in [-0.2, -0.15) is 0 Å². The van der Waals surface area contributed by atoms with E-state index in [1.807, 2.05) is 24.3 Å². The van der Waals surface area contributed by atoms with Gasteiger partial charge < -0.3 is 14.8 Å². The van der Waals surface area contributed by atoms with Crippen molar-refractivity contribution in [3.05, 3.63) is 28.7 Å². The molecule has 0 aromatic heterocycles. The van der Waals surface area contributed by atoms with Crippen molar-refractivity contribution in [2.24, 2.45) is 0 Å². The number of ether oxygens (including phenoxy) is 2. The smallest absolute Gasteiger partial charge is 0.263 e. The lowest BCUT2D eigenvalue weighted by molar-refractivity contribution is -0.115. The lowest BCUT2D eigenvalue weighted by atomic mass is 10.2. The molecule has 0 saturated carbocycles. The topological polar surface area (TPSA) is 47.6 Å². The molecule has 0 atom stereocenters. The Hall–Kier alpha value is -1.53. The second-order valence-corrected chi connectivity index (χ2v) is 6.47. The summed E-state index contributed by atoms with van der Waals surface area (Å²) in [6.07, 6.45) is 3.67. The molecule has 118 valence electrons. The van der Waals surface area contributed by atoms with E-state index in [4.69, 9.17) is 21.7 Å². The molecular formula is C16H19NO3S2. The maximum atomic E-state index is 11.7. The number of thioether (sulfide) groups is 1. The normalized spacial score (nSPS) is 16.0. The molecule has 1 saturated heterocycles. The number of benzene rings is 1. The standard InChI is InChI=1S/C16H19NO3S2/c1-3-7-19-12-6-5-11(9-13(12)20-8-4-2)10-14-15(18)17-16(21)22-14/h5-6,9-10H,3-4,7-8H2,1-2H3,(H,17,18,21). The molecule has 0 radical (unpaired) electrons. The predicted molar refractivity (Wildman–Crippen MR) is 94.3 cm³/mol. The summed E-state index contributed by atoms with van der Waals surface area (Å²) >= 11 is 6.26. The summed E-state index contributed by atoms with van der Waals surface area (Å²) in [6, 6.07) is 5.68. The fourth-order valence-electron chi connectivity index (χ4n) is 1.84. The fourth-order valence-corrected chi connectivity index (χ4v) is 2.89. The minimum atomic E-state index is -0.155. The zero-order valence-corrected chi connectivity index (χ0v) is 14.3. The van der Waals surface area contributed by atoms with Gasteiger partial charge in [0.2, 0.25) is 0 Å². The summed E-state index contributed by atoms with van der Waals surface area (Å²) < 4.78 is 11.9. The molecule has 4 nitrogen and oxygen atoms in total. The highest BCUT2D eigenvalue weighted by Gasteiger charge is 2.22. The molecule has 2 rings (SSSR count). The van der Waals surface area contributed by atoms with Crippen LogP contribution in [0.2, 0.25) is 0 Å². The summed E-state index contributed by atoms with van der Waals surface area (Å²) in [5.41, 5.74) is 0.886.